The molecule has 2 heterocycles. The highest BCUT2D eigenvalue weighted by molar-refractivity contribution is 7.16. The summed E-state index contributed by atoms with van der Waals surface area (Å²) in [6.45, 7) is 0.531. The van der Waals surface area contributed by atoms with E-state index < -0.39 is 4.92 Å². The lowest BCUT2D eigenvalue weighted by atomic mass is 10.2. The van der Waals surface area contributed by atoms with Crippen LogP contribution < -0.4 is 5.32 Å². The Bertz CT molecular complexity index is 796. The van der Waals surface area contributed by atoms with Gasteiger partial charge in [-0.15, -0.1) is 21.5 Å². The van der Waals surface area contributed by atoms with Gasteiger partial charge >= 0.3 is 5.69 Å². The van der Waals surface area contributed by atoms with Crippen molar-refractivity contribution in [1.82, 2.24) is 19.7 Å². The molecule has 3 aromatic rings. The zero-order chi connectivity index (χ0) is 14.8. The first kappa shape index (κ1) is 13.4. The van der Waals surface area contributed by atoms with Crippen LogP contribution in [0, 0.1) is 10.1 Å². The summed E-state index contributed by atoms with van der Waals surface area (Å²) in [6.07, 6.45) is 2.25. The summed E-state index contributed by atoms with van der Waals surface area (Å²) in [5.41, 5.74) is 2.53. The molecule has 9 heteroatoms. The first-order valence-corrected chi connectivity index (χ1v) is 7.12. The van der Waals surface area contributed by atoms with E-state index >= 15 is 0 Å². The Labute approximate surface area is 123 Å². The minimum Gasteiger partial charge on any atom is -0.379 e. The van der Waals surface area contributed by atoms with E-state index in [1.54, 1.807) is 17.9 Å². The van der Waals surface area contributed by atoms with Crippen LogP contribution in [0.15, 0.2) is 24.0 Å². The molecule has 0 amide bonds. The number of rotatable bonds is 5. The second-order valence-electron chi connectivity index (χ2n) is 4.45. The molecule has 0 saturated heterocycles. The summed E-state index contributed by atoms with van der Waals surface area (Å²) in [4.78, 5) is 15.0. The van der Waals surface area contributed by atoms with Crippen LogP contribution >= 0.6 is 11.3 Å². The van der Waals surface area contributed by atoms with Gasteiger partial charge in [-0.25, -0.2) is 4.98 Å². The van der Waals surface area contributed by atoms with Crippen LogP contribution in [0.3, 0.4) is 0 Å². The molecule has 1 aromatic carbocycles. The van der Waals surface area contributed by atoms with Crippen molar-refractivity contribution in [3.63, 3.8) is 0 Å². The molecular weight excluding hydrogens is 292 g/mol. The quantitative estimate of drug-likeness (QED) is 0.571. The van der Waals surface area contributed by atoms with Gasteiger partial charge in [0, 0.05) is 20.0 Å². The van der Waals surface area contributed by atoms with Crippen molar-refractivity contribution in [2.24, 2.45) is 7.05 Å². The fourth-order valence-corrected chi connectivity index (χ4v) is 2.77. The van der Waals surface area contributed by atoms with Gasteiger partial charge in [-0.1, -0.05) is 0 Å². The van der Waals surface area contributed by atoms with E-state index in [0.29, 0.717) is 24.2 Å². The second kappa shape index (κ2) is 5.44. The molecule has 108 valence electrons. The van der Waals surface area contributed by atoms with Gasteiger partial charge in [-0.05, 0) is 12.1 Å². The Morgan fingerprint density at radius 1 is 1.48 bits per heavy atom. The molecule has 0 atom stereocenters. The largest absolute Gasteiger partial charge is 0.379 e. The number of hydrogen-bond acceptors (Lipinski definition) is 7. The van der Waals surface area contributed by atoms with E-state index in [-0.39, 0.29) is 5.69 Å². The number of nitro groups is 1. The molecule has 0 radical (unpaired) electrons. The molecule has 0 saturated carbocycles. The smallest absolute Gasteiger partial charge is 0.319 e. The molecule has 8 nitrogen and oxygen atoms in total. The third kappa shape index (κ3) is 2.55. The second-order valence-corrected chi connectivity index (χ2v) is 5.34. The van der Waals surface area contributed by atoms with Crippen LogP contribution in [0.5, 0.6) is 0 Å². The SMILES string of the molecule is Cn1cnnc1CCNc1ccc2scnc2c1[N+](=O)[O-]. The number of hydrogen-bond donors (Lipinski definition) is 1. The maximum absolute atomic E-state index is 11.3. The highest BCUT2D eigenvalue weighted by Gasteiger charge is 2.20. The van der Waals surface area contributed by atoms with Crippen molar-refractivity contribution in [3.8, 4) is 0 Å². The lowest BCUT2D eigenvalue weighted by molar-refractivity contribution is -0.382. The number of thiazole rings is 1. The van der Waals surface area contributed by atoms with E-state index in [1.165, 1.54) is 11.3 Å². The molecular formula is C12H12N6O2S. The molecule has 2 aromatic heterocycles. The average Bonchev–Trinajstić information content (AvgIpc) is 3.07. The Morgan fingerprint density at radius 2 is 2.33 bits per heavy atom. The first-order valence-electron chi connectivity index (χ1n) is 6.24. The molecule has 0 unspecified atom stereocenters. The summed E-state index contributed by atoms with van der Waals surface area (Å²) >= 11 is 1.39. The minimum atomic E-state index is -0.396. The van der Waals surface area contributed by atoms with Gasteiger partial charge in [0.15, 0.2) is 5.52 Å². The fraction of sp³-hybridized carbons (Fsp3) is 0.250. The standard InChI is InChI=1S/C12H12N6O2S/c1-17-6-15-16-10(17)4-5-13-8-2-3-9-11(14-7-21-9)12(8)18(19)20/h2-3,6-7,13H,4-5H2,1H3. The predicted octanol–water partition coefficient (Wildman–Crippen LogP) is 1.99. The molecule has 0 spiro atoms. The summed E-state index contributed by atoms with van der Waals surface area (Å²) in [6, 6.07) is 3.56. The highest BCUT2D eigenvalue weighted by Crippen LogP contribution is 2.34. The molecule has 1 N–H and O–H groups in total. The number of nitrogens with one attached hydrogen (secondary N) is 1. The molecule has 21 heavy (non-hydrogen) atoms. The van der Waals surface area contributed by atoms with Crippen molar-refractivity contribution in [3.05, 3.63) is 39.9 Å². The Morgan fingerprint density at radius 3 is 3.05 bits per heavy atom. The van der Waals surface area contributed by atoms with Crippen molar-refractivity contribution < 1.29 is 4.92 Å². The van der Waals surface area contributed by atoms with Crippen LogP contribution in [0.25, 0.3) is 10.2 Å². The Balaban J connectivity index is 1.82. The number of aryl methyl sites for hydroxylation is 1. The van der Waals surface area contributed by atoms with Crippen molar-refractivity contribution in [1.29, 1.82) is 0 Å². The maximum Gasteiger partial charge on any atom is 0.319 e. The first-order chi connectivity index (χ1) is 10.2. The van der Waals surface area contributed by atoms with Gasteiger partial charge in [0.05, 0.1) is 15.1 Å². The summed E-state index contributed by atoms with van der Waals surface area (Å²) in [7, 11) is 1.86. The number of aromatic nitrogens is 4. The van der Waals surface area contributed by atoms with Gasteiger partial charge in [0.25, 0.3) is 0 Å². The Hall–Kier alpha value is -2.55. The van der Waals surface area contributed by atoms with Crippen molar-refractivity contribution in [2.75, 3.05) is 11.9 Å². The van der Waals surface area contributed by atoms with Gasteiger partial charge in [-0.2, -0.15) is 0 Å². The third-order valence-electron chi connectivity index (χ3n) is 3.13. The lowest BCUT2D eigenvalue weighted by Gasteiger charge is -2.07. The number of fused-ring (bicyclic) bond motifs is 1. The molecule has 0 aliphatic heterocycles. The summed E-state index contributed by atoms with van der Waals surface area (Å²) in [5.74, 6) is 0.819. The van der Waals surface area contributed by atoms with E-state index in [0.717, 1.165) is 10.5 Å². The van der Waals surface area contributed by atoms with Crippen LogP contribution in [0.4, 0.5) is 11.4 Å². The average molecular weight is 304 g/mol. The molecule has 0 fully saturated rings. The summed E-state index contributed by atoms with van der Waals surface area (Å²) in [5, 5.41) is 22.1. The van der Waals surface area contributed by atoms with Crippen LogP contribution in [0.1, 0.15) is 5.82 Å². The topological polar surface area (TPSA) is 98.8 Å². The van der Waals surface area contributed by atoms with Gasteiger partial charge in [0.1, 0.15) is 17.8 Å². The van der Waals surface area contributed by atoms with E-state index in [9.17, 15) is 10.1 Å². The van der Waals surface area contributed by atoms with Crippen molar-refractivity contribution >= 4 is 32.9 Å². The molecule has 3 rings (SSSR count). The Kier molecular flexibility index (Phi) is 3.48. The zero-order valence-electron chi connectivity index (χ0n) is 11.2. The van der Waals surface area contributed by atoms with Crippen LogP contribution in [-0.4, -0.2) is 31.2 Å². The van der Waals surface area contributed by atoms with Gasteiger partial charge in [-0.3, -0.25) is 10.1 Å². The van der Waals surface area contributed by atoms with Crippen LogP contribution in [-0.2, 0) is 13.5 Å². The molecule has 0 aliphatic carbocycles. The van der Waals surface area contributed by atoms with Gasteiger partial charge in [0.2, 0.25) is 0 Å². The predicted molar refractivity (Wildman–Crippen MR) is 79.5 cm³/mol. The third-order valence-corrected chi connectivity index (χ3v) is 3.92. The summed E-state index contributed by atoms with van der Waals surface area (Å²) < 4.78 is 2.63. The number of anilines is 1. The number of nitro benzene ring substituents is 1. The van der Waals surface area contributed by atoms with Gasteiger partial charge < -0.3 is 9.88 Å². The van der Waals surface area contributed by atoms with E-state index in [2.05, 4.69) is 20.5 Å². The lowest BCUT2D eigenvalue weighted by Crippen LogP contribution is -2.10. The number of nitrogens with zero attached hydrogens (tertiary/aromatic N) is 5. The monoisotopic (exact) mass is 304 g/mol. The fourth-order valence-electron chi connectivity index (χ4n) is 2.09. The zero-order valence-corrected chi connectivity index (χ0v) is 12.0. The normalized spacial score (nSPS) is 10.9. The molecule has 0 bridgehead atoms. The molecule has 0 aliphatic rings. The van der Waals surface area contributed by atoms with Crippen molar-refractivity contribution in [2.45, 2.75) is 6.42 Å². The maximum atomic E-state index is 11.3. The van der Waals surface area contributed by atoms with E-state index in [1.807, 2.05) is 17.7 Å². The van der Waals surface area contributed by atoms with Crippen LogP contribution in [0.2, 0.25) is 0 Å². The highest BCUT2D eigenvalue weighted by atomic mass is 32.1. The number of benzene rings is 1. The van der Waals surface area contributed by atoms with E-state index in [4.69, 9.17) is 0 Å². The minimum absolute atomic E-state index is 0.0201.